The Morgan fingerprint density at radius 1 is 1.52 bits per heavy atom. The number of carbonyl (C=O) groups is 1. The molecule has 1 aliphatic rings. The fraction of sp³-hybridized carbons (Fsp3) is 0.333. The van der Waals surface area contributed by atoms with Crippen LogP contribution in [-0.2, 0) is 11.8 Å². The zero-order valence-corrected chi connectivity index (χ0v) is 12.0. The number of esters is 1. The Hall–Kier alpha value is -2.50. The second-order valence-corrected chi connectivity index (χ2v) is 5.12. The van der Waals surface area contributed by atoms with E-state index in [9.17, 15) is 4.79 Å². The van der Waals surface area contributed by atoms with E-state index in [0.717, 1.165) is 11.3 Å². The van der Waals surface area contributed by atoms with Gasteiger partial charge in [-0.15, -0.1) is 0 Å². The molecule has 0 fully saturated rings. The third-order valence-electron chi connectivity index (χ3n) is 3.68. The monoisotopic (exact) mass is 287 g/mol. The first-order valence-corrected chi connectivity index (χ1v) is 6.76. The minimum Gasteiger partial charge on any atom is -0.493 e. The van der Waals surface area contributed by atoms with E-state index in [-0.39, 0.29) is 12.5 Å². The molecule has 1 atom stereocenters. The molecule has 1 aromatic carbocycles. The maximum atomic E-state index is 12.2. The Labute approximate surface area is 122 Å². The number of nitrogen functional groups attached to an aromatic ring is 1. The summed E-state index contributed by atoms with van der Waals surface area (Å²) in [6, 6.07) is 7.78. The molecule has 1 aromatic heterocycles. The minimum atomic E-state index is -0.458. The lowest BCUT2D eigenvalue weighted by Crippen LogP contribution is -2.17. The molecule has 1 aliphatic heterocycles. The number of fused-ring (bicyclic) bond motifs is 1. The molecule has 0 saturated heterocycles. The van der Waals surface area contributed by atoms with Gasteiger partial charge in [0.25, 0.3) is 0 Å². The number of benzene rings is 1. The molecule has 6 nitrogen and oxygen atoms in total. The molecule has 0 amide bonds. The number of anilines is 1. The van der Waals surface area contributed by atoms with Crippen LogP contribution in [0, 0.1) is 6.92 Å². The van der Waals surface area contributed by atoms with E-state index < -0.39 is 5.97 Å². The highest BCUT2D eigenvalue weighted by Gasteiger charge is 2.26. The second kappa shape index (κ2) is 5.12. The topological polar surface area (TPSA) is 79.4 Å². The fourth-order valence-electron chi connectivity index (χ4n) is 2.53. The van der Waals surface area contributed by atoms with E-state index in [1.165, 1.54) is 4.68 Å². The van der Waals surface area contributed by atoms with E-state index in [1.54, 1.807) is 14.0 Å². The summed E-state index contributed by atoms with van der Waals surface area (Å²) in [6.07, 6.45) is 0. The predicted molar refractivity (Wildman–Crippen MR) is 77.3 cm³/mol. The molecule has 0 aliphatic carbocycles. The van der Waals surface area contributed by atoms with Crippen molar-refractivity contribution in [3.8, 4) is 5.75 Å². The van der Waals surface area contributed by atoms with Crippen LogP contribution in [0.2, 0.25) is 0 Å². The number of aryl methyl sites for hydroxylation is 2. The van der Waals surface area contributed by atoms with Crippen molar-refractivity contribution in [1.29, 1.82) is 0 Å². The lowest BCUT2D eigenvalue weighted by atomic mass is 10.0. The van der Waals surface area contributed by atoms with Crippen LogP contribution >= 0.6 is 0 Å². The summed E-state index contributed by atoms with van der Waals surface area (Å²) in [5, 5.41) is 4.11. The average molecular weight is 287 g/mol. The summed E-state index contributed by atoms with van der Waals surface area (Å²) < 4.78 is 12.4. The molecule has 2 aromatic rings. The number of nitrogens with two attached hydrogens (primary N) is 1. The van der Waals surface area contributed by atoms with Gasteiger partial charge in [0.2, 0.25) is 0 Å². The maximum absolute atomic E-state index is 12.2. The minimum absolute atomic E-state index is 0.0562. The largest absolute Gasteiger partial charge is 0.493 e. The number of carbonyl (C=O) groups excluding carboxylic acids is 1. The zero-order chi connectivity index (χ0) is 15.0. The van der Waals surface area contributed by atoms with Crippen LogP contribution in [-0.4, -0.2) is 29.0 Å². The van der Waals surface area contributed by atoms with E-state index in [0.29, 0.717) is 23.7 Å². The summed E-state index contributed by atoms with van der Waals surface area (Å²) in [5.74, 6) is 0.454. The van der Waals surface area contributed by atoms with Gasteiger partial charge in [-0.2, -0.15) is 5.10 Å². The van der Waals surface area contributed by atoms with Gasteiger partial charge >= 0.3 is 5.97 Å². The normalized spacial score (nSPS) is 16.4. The molecule has 0 bridgehead atoms. The Kier molecular flexibility index (Phi) is 3.29. The van der Waals surface area contributed by atoms with E-state index >= 15 is 0 Å². The maximum Gasteiger partial charge on any atom is 0.358 e. The first-order valence-electron chi connectivity index (χ1n) is 6.76. The van der Waals surface area contributed by atoms with Crippen molar-refractivity contribution in [2.75, 3.05) is 18.9 Å². The van der Waals surface area contributed by atoms with Crippen molar-refractivity contribution < 1.29 is 14.3 Å². The quantitative estimate of drug-likeness (QED) is 0.868. The van der Waals surface area contributed by atoms with Gasteiger partial charge in [-0.25, -0.2) is 4.79 Å². The molecular weight excluding hydrogens is 270 g/mol. The van der Waals surface area contributed by atoms with E-state index in [1.807, 2.05) is 24.3 Å². The SMILES string of the molecule is Cc1nn(C)c(C(=O)OCC2COc3ccccc32)c1N. The Balaban J connectivity index is 1.70. The predicted octanol–water partition coefficient (Wildman–Crippen LogP) is 1.64. The molecule has 0 radical (unpaired) electrons. The summed E-state index contributed by atoms with van der Waals surface area (Å²) in [5.41, 5.74) is 8.21. The van der Waals surface area contributed by atoms with Gasteiger partial charge in [0, 0.05) is 12.6 Å². The molecule has 6 heteroatoms. The lowest BCUT2D eigenvalue weighted by molar-refractivity contribution is 0.0459. The second-order valence-electron chi connectivity index (χ2n) is 5.12. The Bertz CT molecular complexity index is 693. The Morgan fingerprint density at radius 2 is 2.29 bits per heavy atom. The number of rotatable bonds is 3. The third-order valence-corrected chi connectivity index (χ3v) is 3.68. The van der Waals surface area contributed by atoms with E-state index in [4.69, 9.17) is 15.2 Å². The molecule has 0 spiro atoms. The molecule has 3 rings (SSSR count). The van der Waals surface area contributed by atoms with Gasteiger partial charge in [-0.1, -0.05) is 18.2 Å². The van der Waals surface area contributed by atoms with Crippen LogP contribution in [0.25, 0.3) is 0 Å². The van der Waals surface area contributed by atoms with Crippen molar-refractivity contribution in [1.82, 2.24) is 9.78 Å². The number of ether oxygens (including phenoxy) is 2. The molecular formula is C15H17N3O3. The first kappa shape index (κ1) is 13.5. The molecule has 2 N–H and O–H groups in total. The first-order chi connectivity index (χ1) is 10.1. The van der Waals surface area contributed by atoms with Gasteiger partial charge in [-0.05, 0) is 13.0 Å². The van der Waals surface area contributed by atoms with E-state index in [2.05, 4.69) is 5.10 Å². The van der Waals surface area contributed by atoms with Crippen molar-refractivity contribution in [3.63, 3.8) is 0 Å². The van der Waals surface area contributed by atoms with Gasteiger partial charge in [0.15, 0.2) is 5.69 Å². The molecule has 110 valence electrons. The number of hydrogen-bond acceptors (Lipinski definition) is 5. The van der Waals surface area contributed by atoms with Gasteiger partial charge in [0.05, 0.1) is 23.9 Å². The van der Waals surface area contributed by atoms with Crippen LogP contribution in [0.5, 0.6) is 5.75 Å². The molecule has 21 heavy (non-hydrogen) atoms. The summed E-state index contributed by atoms with van der Waals surface area (Å²) in [6.45, 7) is 2.54. The standard InChI is InChI=1S/C15H17N3O3/c1-9-13(16)14(18(2)17-9)15(19)21-8-10-7-20-12-6-4-3-5-11(10)12/h3-6,10H,7-8,16H2,1-2H3. The highest BCUT2D eigenvalue weighted by molar-refractivity contribution is 5.93. The number of para-hydroxylation sites is 1. The lowest BCUT2D eigenvalue weighted by Gasteiger charge is -2.10. The zero-order valence-electron chi connectivity index (χ0n) is 12.0. The average Bonchev–Trinajstić information content (AvgIpc) is 2.98. The highest BCUT2D eigenvalue weighted by atomic mass is 16.5. The van der Waals surface area contributed by atoms with Crippen LogP contribution in [0.1, 0.15) is 27.7 Å². The van der Waals surface area contributed by atoms with Gasteiger partial charge in [-0.3, -0.25) is 4.68 Å². The molecule has 0 saturated carbocycles. The molecule has 2 heterocycles. The van der Waals surface area contributed by atoms with Crippen molar-refractivity contribution in [3.05, 3.63) is 41.2 Å². The number of hydrogen-bond donors (Lipinski definition) is 1. The van der Waals surface area contributed by atoms with Crippen LogP contribution < -0.4 is 10.5 Å². The smallest absolute Gasteiger partial charge is 0.358 e. The van der Waals surface area contributed by atoms with Crippen molar-refractivity contribution in [2.45, 2.75) is 12.8 Å². The fourth-order valence-corrected chi connectivity index (χ4v) is 2.53. The summed E-state index contributed by atoms with van der Waals surface area (Å²) >= 11 is 0. The van der Waals surface area contributed by atoms with Gasteiger partial charge in [0.1, 0.15) is 12.4 Å². The van der Waals surface area contributed by atoms with Crippen LogP contribution in [0.4, 0.5) is 5.69 Å². The molecule has 1 unspecified atom stereocenters. The van der Waals surface area contributed by atoms with Gasteiger partial charge < -0.3 is 15.2 Å². The van der Waals surface area contributed by atoms with Crippen LogP contribution in [0.15, 0.2) is 24.3 Å². The summed E-state index contributed by atoms with van der Waals surface area (Å²) in [7, 11) is 1.67. The highest BCUT2D eigenvalue weighted by Crippen LogP contribution is 2.33. The number of aromatic nitrogens is 2. The van der Waals surface area contributed by atoms with Crippen LogP contribution in [0.3, 0.4) is 0 Å². The Morgan fingerprint density at radius 3 is 3.00 bits per heavy atom. The van der Waals surface area contributed by atoms with Crippen molar-refractivity contribution >= 4 is 11.7 Å². The third kappa shape index (κ3) is 2.33. The van der Waals surface area contributed by atoms with Crippen molar-refractivity contribution in [2.24, 2.45) is 7.05 Å². The number of nitrogens with zero attached hydrogens (tertiary/aromatic N) is 2. The summed E-state index contributed by atoms with van der Waals surface area (Å²) in [4.78, 5) is 12.2.